The number of nitrogens with one attached hydrogen (secondary N) is 1. The minimum atomic E-state index is -0.328. The maximum atomic E-state index is 12.3. The van der Waals surface area contributed by atoms with Crippen molar-refractivity contribution in [2.24, 2.45) is 0 Å². The highest BCUT2D eigenvalue weighted by atomic mass is 35.5. The minimum absolute atomic E-state index is 0.0976. The van der Waals surface area contributed by atoms with Gasteiger partial charge in [0.15, 0.2) is 0 Å². The van der Waals surface area contributed by atoms with Crippen LogP contribution in [0.3, 0.4) is 0 Å². The average Bonchev–Trinajstić information content (AvgIpc) is 2.87. The zero-order valence-corrected chi connectivity index (χ0v) is 11.7. The van der Waals surface area contributed by atoms with Crippen LogP contribution >= 0.6 is 11.6 Å². The van der Waals surface area contributed by atoms with Gasteiger partial charge in [0.05, 0.1) is 5.69 Å². The summed E-state index contributed by atoms with van der Waals surface area (Å²) in [5.74, 6) is 1.08. The van der Waals surface area contributed by atoms with E-state index in [1.54, 1.807) is 0 Å². The van der Waals surface area contributed by atoms with Gasteiger partial charge in [-0.1, -0.05) is 48.9 Å². The topological polar surface area (TPSA) is 63.1 Å². The Bertz CT molecular complexity index is 807. The molecular formula is C14H13ClN4O. The van der Waals surface area contributed by atoms with E-state index in [0.29, 0.717) is 11.5 Å². The van der Waals surface area contributed by atoms with E-state index < -0.39 is 0 Å². The van der Waals surface area contributed by atoms with Crippen LogP contribution in [0.5, 0.6) is 0 Å². The van der Waals surface area contributed by atoms with Gasteiger partial charge in [-0.3, -0.25) is 9.89 Å². The van der Waals surface area contributed by atoms with Gasteiger partial charge in [0.1, 0.15) is 10.8 Å². The third kappa shape index (κ3) is 2.10. The van der Waals surface area contributed by atoms with Gasteiger partial charge in [0.2, 0.25) is 0 Å². The molecule has 2 heterocycles. The summed E-state index contributed by atoms with van der Waals surface area (Å²) in [5, 5.41) is 3.03. The zero-order chi connectivity index (χ0) is 14.1. The fourth-order valence-electron chi connectivity index (χ4n) is 2.08. The smallest absolute Gasteiger partial charge is 0.275 e. The number of benzene rings is 1. The molecule has 1 aromatic carbocycles. The Labute approximate surface area is 120 Å². The minimum Gasteiger partial charge on any atom is -0.275 e. The first-order chi connectivity index (χ1) is 9.70. The highest BCUT2D eigenvalue weighted by Crippen LogP contribution is 2.22. The van der Waals surface area contributed by atoms with Crippen LogP contribution in [-0.2, 0) is 6.42 Å². The summed E-state index contributed by atoms with van der Waals surface area (Å²) in [6.07, 6.45) is 1.70. The molecule has 20 heavy (non-hydrogen) atoms. The molecule has 3 rings (SSSR count). The molecule has 0 atom stereocenters. The number of aromatic amines is 1. The lowest BCUT2D eigenvalue weighted by atomic mass is 10.1. The van der Waals surface area contributed by atoms with Crippen molar-refractivity contribution in [1.82, 2.24) is 19.6 Å². The fraction of sp³-hybridized carbons (Fsp3) is 0.214. The van der Waals surface area contributed by atoms with Gasteiger partial charge < -0.3 is 0 Å². The van der Waals surface area contributed by atoms with Gasteiger partial charge >= 0.3 is 0 Å². The van der Waals surface area contributed by atoms with Crippen molar-refractivity contribution in [3.63, 3.8) is 0 Å². The Morgan fingerprint density at radius 2 is 2.00 bits per heavy atom. The zero-order valence-electron chi connectivity index (χ0n) is 10.9. The van der Waals surface area contributed by atoms with Gasteiger partial charge in [-0.05, 0) is 6.42 Å². The second-order valence-corrected chi connectivity index (χ2v) is 4.88. The number of rotatable bonds is 3. The van der Waals surface area contributed by atoms with Crippen LogP contribution in [0.25, 0.3) is 17.0 Å². The predicted octanol–water partition coefficient (Wildman–Crippen LogP) is 2.69. The number of aryl methyl sites for hydroxylation is 1. The van der Waals surface area contributed by atoms with E-state index in [1.807, 2.05) is 37.3 Å². The third-order valence-electron chi connectivity index (χ3n) is 3.02. The lowest BCUT2D eigenvalue weighted by molar-refractivity contribution is 0.807. The third-order valence-corrected chi connectivity index (χ3v) is 3.36. The van der Waals surface area contributed by atoms with E-state index in [4.69, 9.17) is 11.6 Å². The first-order valence-electron chi connectivity index (χ1n) is 6.43. The number of H-pyrrole nitrogens is 1. The molecule has 0 aliphatic carbocycles. The van der Waals surface area contributed by atoms with E-state index in [0.717, 1.165) is 24.2 Å². The van der Waals surface area contributed by atoms with Crippen LogP contribution in [-0.4, -0.2) is 19.6 Å². The van der Waals surface area contributed by atoms with Gasteiger partial charge in [0, 0.05) is 12.0 Å². The highest BCUT2D eigenvalue weighted by Gasteiger charge is 2.15. The molecule has 0 saturated carbocycles. The number of hydrogen-bond donors (Lipinski definition) is 1. The summed E-state index contributed by atoms with van der Waals surface area (Å²) >= 11 is 6.15. The fourth-order valence-corrected chi connectivity index (χ4v) is 2.31. The molecule has 0 amide bonds. The molecule has 0 aliphatic rings. The number of hydrogen-bond acceptors (Lipinski definition) is 3. The maximum absolute atomic E-state index is 12.3. The first kappa shape index (κ1) is 12.9. The Balaban J connectivity index is 2.25. The molecule has 6 heteroatoms. The van der Waals surface area contributed by atoms with Gasteiger partial charge in [-0.15, -0.1) is 0 Å². The monoisotopic (exact) mass is 288 g/mol. The normalized spacial score (nSPS) is 11.1. The number of fused-ring (bicyclic) bond motifs is 1. The summed E-state index contributed by atoms with van der Waals surface area (Å²) < 4.78 is 1.29. The van der Waals surface area contributed by atoms with Crippen molar-refractivity contribution in [1.29, 1.82) is 0 Å². The van der Waals surface area contributed by atoms with E-state index in [9.17, 15) is 4.79 Å². The van der Waals surface area contributed by atoms with Gasteiger partial charge in [-0.25, -0.2) is 4.98 Å². The van der Waals surface area contributed by atoms with Crippen molar-refractivity contribution in [2.75, 3.05) is 0 Å². The largest absolute Gasteiger partial charge is 0.293 e. The van der Waals surface area contributed by atoms with Crippen LogP contribution in [0.1, 0.15) is 19.2 Å². The molecule has 0 saturated heterocycles. The quantitative estimate of drug-likeness (QED) is 0.806. The Kier molecular flexibility index (Phi) is 3.28. The van der Waals surface area contributed by atoms with E-state index in [-0.39, 0.29) is 10.6 Å². The Hall–Kier alpha value is -2.14. The highest BCUT2D eigenvalue weighted by molar-refractivity contribution is 6.32. The number of aromatic nitrogens is 4. The molecule has 2 aromatic heterocycles. The van der Waals surface area contributed by atoms with Crippen LogP contribution in [0, 0.1) is 0 Å². The van der Waals surface area contributed by atoms with Crippen molar-refractivity contribution in [2.45, 2.75) is 19.8 Å². The molecule has 1 N–H and O–H groups in total. The van der Waals surface area contributed by atoms with Crippen LogP contribution < -0.4 is 5.56 Å². The molecule has 3 aromatic rings. The summed E-state index contributed by atoms with van der Waals surface area (Å²) in [7, 11) is 0. The second kappa shape index (κ2) is 5.09. The van der Waals surface area contributed by atoms with Crippen molar-refractivity contribution < 1.29 is 0 Å². The standard InChI is InChI=1S/C14H13ClN4O/c1-2-6-10-16-14-17-12(9-7-4-3-5-8-9)11(15)13(20)19(14)18-10/h3-5,7-8H,2,6H2,1H3,(H,16,17,18). The van der Waals surface area contributed by atoms with Crippen LogP contribution in [0.15, 0.2) is 35.1 Å². The molecule has 0 unspecified atom stereocenters. The second-order valence-electron chi connectivity index (χ2n) is 4.50. The van der Waals surface area contributed by atoms with Crippen molar-refractivity contribution >= 4 is 17.4 Å². The Morgan fingerprint density at radius 1 is 1.25 bits per heavy atom. The first-order valence-corrected chi connectivity index (χ1v) is 6.81. The van der Waals surface area contributed by atoms with E-state index in [1.165, 1.54) is 4.52 Å². The van der Waals surface area contributed by atoms with E-state index >= 15 is 0 Å². The van der Waals surface area contributed by atoms with Crippen LogP contribution in [0.4, 0.5) is 0 Å². The maximum Gasteiger partial charge on any atom is 0.293 e. The van der Waals surface area contributed by atoms with Crippen molar-refractivity contribution in [3.05, 3.63) is 51.5 Å². The molecule has 0 aliphatic heterocycles. The van der Waals surface area contributed by atoms with E-state index in [2.05, 4.69) is 15.1 Å². The lowest BCUT2D eigenvalue weighted by Crippen LogP contribution is -2.17. The van der Waals surface area contributed by atoms with Gasteiger partial charge in [-0.2, -0.15) is 9.50 Å². The molecular weight excluding hydrogens is 276 g/mol. The SMILES string of the molecule is CCCc1nc2nc(-c3ccccc3)c(Cl)c(=O)n2[nH]1. The number of nitrogens with zero attached hydrogens (tertiary/aromatic N) is 3. The molecule has 5 nitrogen and oxygen atoms in total. The van der Waals surface area contributed by atoms with Crippen LogP contribution in [0.2, 0.25) is 5.02 Å². The summed E-state index contributed by atoms with van der Waals surface area (Å²) in [6, 6.07) is 9.38. The molecule has 0 fully saturated rings. The predicted molar refractivity (Wildman–Crippen MR) is 78.0 cm³/mol. The van der Waals surface area contributed by atoms with Gasteiger partial charge in [0.25, 0.3) is 11.3 Å². The molecule has 0 radical (unpaired) electrons. The van der Waals surface area contributed by atoms with Crippen molar-refractivity contribution in [3.8, 4) is 11.3 Å². The number of halogens is 1. The lowest BCUT2D eigenvalue weighted by Gasteiger charge is -2.02. The molecule has 0 bridgehead atoms. The average molecular weight is 289 g/mol. The summed E-state index contributed by atoms with van der Waals surface area (Å²) in [5.41, 5.74) is 0.939. The molecule has 102 valence electrons. The summed E-state index contributed by atoms with van der Waals surface area (Å²) in [6.45, 7) is 2.05. The Morgan fingerprint density at radius 3 is 2.70 bits per heavy atom. The molecule has 0 spiro atoms. The summed E-state index contributed by atoms with van der Waals surface area (Å²) in [4.78, 5) is 21.0.